The topological polar surface area (TPSA) is 25.4 Å². The number of pyridine rings is 1. The van der Waals surface area contributed by atoms with Gasteiger partial charge in [-0.1, -0.05) is 18.0 Å². The zero-order chi connectivity index (χ0) is 11.7. The first-order valence-electron chi connectivity index (χ1n) is 5.97. The van der Waals surface area contributed by atoms with Gasteiger partial charge in [0.15, 0.2) is 0 Å². The van der Waals surface area contributed by atoms with Crippen molar-refractivity contribution >= 4 is 23.2 Å². The van der Waals surface area contributed by atoms with Gasteiger partial charge in [0.05, 0.1) is 24.6 Å². The lowest BCUT2D eigenvalue weighted by Crippen LogP contribution is -2.08. The van der Waals surface area contributed by atoms with Gasteiger partial charge in [0.25, 0.3) is 0 Å². The van der Waals surface area contributed by atoms with E-state index in [1.54, 1.807) is 11.9 Å². The van der Waals surface area contributed by atoms with E-state index in [1.165, 1.54) is 22.5 Å². The third-order valence-electron chi connectivity index (χ3n) is 3.35. The molecule has 4 heteroatoms. The molecule has 0 N–H and O–H groups in total. The van der Waals surface area contributed by atoms with Crippen molar-refractivity contribution in [2.75, 3.05) is 30.3 Å². The minimum atomic E-state index is 0.729. The van der Waals surface area contributed by atoms with Gasteiger partial charge in [0, 0.05) is 24.6 Å². The molecule has 0 saturated carbocycles. The summed E-state index contributed by atoms with van der Waals surface area (Å²) in [6.45, 7) is 2.65. The molecule has 1 aromatic heterocycles. The first-order chi connectivity index (χ1) is 8.40. The maximum atomic E-state index is 5.36. The number of rotatable bonds is 2. The Kier molecular flexibility index (Phi) is 3.07. The zero-order valence-corrected chi connectivity index (χ0v) is 10.8. The van der Waals surface area contributed by atoms with Crippen LogP contribution in [0.1, 0.15) is 17.7 Å². The molecule has 0 fully saturated rings. The van der Waals surface area contributed by atoms with Crippen LogP contribution in [0.2, 0.25) is 0 Å². The van der Waals surface area contributed by atoms with Crippen molar-refractivity contribution in [2.24, 2.45) is 0 Å². The third kappa shape index (κ3) is 1.96. The van der Waals surface area contributed by atoms with Crippen LogP contribution in [-0.2, 0) is 11.2 Å². The Balaban J connectivity index is 2.01. The Morgan fingerprint density at radius 2 is 2.35 bits per heavy atom. The molecular weight excluding hydrogens is 232 g/mol. The number of anilines is 1. The summed E-state index contributed by atoms with van der Waals surface area (Å²) < 4.78 is 7.71. The molecule has 0 amide bonds. The summed E-state index contributed by atoms with van der Waals surface area (Å²) in [5, 5.41) is 0. The van der Waals surface area contributed by atoms with Gasteiger partial charge in [-0.25, -0.2) is 0 Å². The minimum Gasteiger partial charge on any atom is -0.377 e. The maximum absolute atomic E-state index is 5.36. The van der Waals surface area contributed by atoms with Crippen molar-refractivity contribution in [1.82, 2.24) is 4.98 Å². The fourth-order valence-electron chi connectivity index (χ4n) is 2.50. The second-order valence-corrected chi connectivity index (χ2v) is 5.05. The predicted molar refractivity (Wildman–Crippen MR) is 72.2 cm³/mol. The number of hydrogen-bond acceptors (Lipinski definition) is 4. The SMILES string of the molecule is CSN1CCc2c1ccnc2C1=CCOCC1. The van der Waals surface area contributed by atoms with Crippen LogP contribution in [0.4, 0.5) is 5.69 Å². The summed E-state index contributed by atoms with van der Waals surface area (Å²) in [4.78, 5) is 4.58. The number of ether oxygens (including phenoxy) is 1. The highest BCUT2D eigenvalue weighted by atomic mass is 32.2. The number of hydrogen-bond donors (Lipinski definition) is 0. The average Bonchev–Trinajstić information content (AvgIpc) is 2.82. The van der Waals surface area contributed by atoms with Gasteiger partial charge in [-0.05, 0) is 24.5 Å². The van der Waals surface area contributed by atoms with Crippen molar-refractivity contribution in [2.45, 2.75) is 12.8 Å². The Bertz CT molecular complexity index is 459. The summed E-state index contributed by atoms with van der Waals surface area (Å²) in [6.07, 6.45) is 8.33. The van der Waals surface area contributed by atoms with E-state index in [1.807, 2.05) is 6.20 Å². The lowest BCUT2D eigenvalue weighted by molar-refractivity contribution is 0.161. The van der Waals surface area contributed by atoms with E-state index < -0.39 is 0 Å². The lowest BCUT2D eigenvalue weighted by atomic mass is 10.0. The number of fused-ring (bicyclic) bond motifs is 1. The number of aromatic nitrogens is 1. The van der Waals surface area contributed by atoms with Gasteiger partial charge >= 0.3 is 0 Å². The fourth-order valence-corrected chi connectivity index (χ4v) is 3.15. The maximum Gasteiger partial charge on any atom is 0.0713 e. The Morgan fingerprint density at radius 1 is 1.41 bits per heavy atom. The van der Waals surface area contributed by atoms with Crippen LogP contribution in [0, 0.1) is 0 Å². The predicted octanol–water partition coefficient (Wildman–Crippen LogP) is 2.53. The molecule has 0 aliphatic carbocycles. The summed E-state index contributed by atoms with van der Waals surface area (Å²) in [5.41, 5.74) is 5.31. The molecule has 0 spiro atoms. The summed E-state index contributed by atoms with van der Waals surface area (Å²) in [7, 11) is 0. The molecule has 0 unspecified atom stereocenters. The Morgan fingerprint density at radius 3 is 3.12 bits per heavy atom. The Labute approximate surface area is 106 Å². The molecule has 3 nitrogen and oxygen atoms in total. The van der Waals surface area contributed by atoms with Crippen LogP contribution in [0.3, 0.4) is 0 Å². The second kappa shape index (κ2) is 4.70. The van der Waals surface area contributed by atoms with Crippen molar-refractivity contribution < 1.29 is 4.74 Å². The van der Waals surface area contributed by atoms with Gasteiger partial charge in [0.1, 0.15) is 0 Å². The quantitative estimate of drug-likeness (QED) is 0.751. The van der Waals surface area contributed by atoms with Crippen molar-refractivity contribution in [1.29, 1.82) is 0 Å². The van der Waals surface area contributed by atoms with Crippen LogP contribution in [0.25, 0.3) is 5.57 Å². The van der Waals surface area contributed by atoms with Crippen LogP contribution >= 0.6 is 11.9 Å². The molecule has 1 aromatic rings. The number of nitrogens with zero attached hydrogens (tertiary/aromatic N) is 2. The average molecular weight is 248 g/mol. The molecule has 2 aliphatic heterocycles. The van der Waals surface area contributed by atoms with Gasteiger partial charge in [-0.3, -0.25) is 4.98 Å². The standard InChI is InChI=1S/C13H16N2OS/c1-17-15-7-3-11-12(15)2-6-14-13(11)10-4-8-16-9-5-10/h2,4,6H,3,5,7-9H2,1H3. The molecule has 0 atom stereocenters. The van der Waals surface area contributed by atoms with Crippen LogP contribution in [0.15, 0.2) is 18.3 Å². The van der Waals surface area contributed by atoms with Crippen molar-refractivity contribution in [3.63, 3.8) is 0 Å². The fraction of sp³-hybridized carbons (Fsp3) is 0.462. The van der Waals surface area contributed by atoms with Crippen molar-refractivity contribution in [3.8, 4) is 0 Å². The highest BCUT2D eigenvalue weighted by Crippen LogP contribution is 2.36. The van der Waals surface area contributed by atoms with E-state index >= 15 is 0 Å². The molecule has 2 aliphatic rings. The van der Waals surface area contributed by atoms with E-state index in [0.717, 1.165) is 32.6 Å². The highest BCUT2D eigenvalue weighted by Gasteiger charge is 2.23. The van der Waals surface area contributed by atoms with E-state index in [9.17, 15) is 0 Å². The molecule has 0 saturated heterocycles. The van der Waals surface area contributed by atoms with E-state index in [0.29, 0.717) is 0 Å². The third-order valence-corrected chi connectivity index (χ3v) is 4.17. The van der Waals surface area contributed by atoms with Crippen molar-refractivity contribution in [3.05, 3.63) is 29.6 Å². The van der Waals surface area contributed by atoms with Gasteiger partial charge < -0.3 is 9.04 Å². The minimum absolute atomic E-state index is 0.729. The monoisotopic (exact) mass is 248 g/mol. The molecule has 0 bridgehead atoms. The first-order valence-corrected chi connectivity index (χ1v) is 7.15. The van der Waals surface area contributed by atoms with Gasteiger partial charge in [-0.2, -0.15) is 0 Å². The van der Waals surface area contributed by atoms with Crippen LogP contribution in [0.5, 0.6) is 0 Å². The highest BCUT2D eigenvalue weighted by molar-refractivity contribution is 8.00. The normalized spacial score (nSPS) is 19.1. The summed E-state index contributed by atoms with van der Waals surface area (Å²) >= 11 is 1.79. The van der Waals surface area contributed by atoms with Crippen LogP contribution < -0.4 is 4.31 Å². The first kappa shape index (κ1) is 11.1. The molecule has 3 rings (SSSR count). The molecule has 3 heterocycles. The molecule has 90 valence electrons. The van der Waals surface area contributed by atoms with E-state index in [4.69, 9.17) is 4.74 Å². The van der Waals surface area contributed by atoms with Gasteiger partial charge in [0.2, 0.25) is 0 Å². The van der Waals surface area contributed by atoms with E-state index in [-0.39, 0.29) is 0 Å². The molecule has 0 aromatic carbocycles. The smallest absolute Gasteiger partial charge is 0.0713 e. The lowest BCUT2D eigenvalue weighted by Gasteiger charge is -2.17. The summed E-state index contributed by atoms with van der Waals surface area (Å²) in [6, 6.07) is 2.13. The largest absolute Gasteiger partial charge is 0.377 e. The molecular formula is C13H16N2OS. The summed E-state index contributed by atoms with van der Waals surface area (Å²) in [5.74, 6) is 0. The molecule has 17 heavy (non-hydrogen) atoms. The Hall–Kier alpha value is -1.00. The molecule has 0 radical (unpaired) electrons. The van der Waals surface area contributed by atoms with E-state index in [2.05, 4.69) is 27.7 Å². The second-order valence-electron chi connectivity index (χ2n) is 4.25. The zero-order valence-electron chi connectivity index (χ0n) is 9.98. The van der Waals surface area contributed by atoms with Gasteiger partial charge in [-0.15, -0.1) is 0 Å². The van der Waals surface area contributed by atoms with Crippen LogP contribution in [-0.4, -0.2) is 31.0 Å².